The first-order chi connectivity index (χ1) is 8.60. The summed E-state index contributed by atoms with van der Waals surface area (Å²) in [5.41, 5.74) is 0.987. The predicted octanol–water partition coefficient (Wildman–Crippen LogP) is 4.34. The zero-order valence-electron chi connectivity index (χ0n) is 10.7. The lowest BCUT2D eigenvalue weighted by atomic mass is 10.3. The van der Waals surface area contributed by atoms with Crippen LogP contribution in [0.4, 0.5) is 5.82 Å². The lowest BCUT2D eigenvalue weighted by Crippen LogP contribution is -2.07. The molecular formula is C13H16BrN3S. The zero-order valence-corrected chi connectivity index (χ0v) is 13.1. The van der Waals surface area contributed by atoms with Gasteiger partial charge in [0.05, 0.1) is 11.7 Å². The second-order valence-electron chi connectivity index (χ2n) is 4.15. The molecule has 1 N–H and O–H groups in total. The van der Waals surface area contributed by atoms with Gasteiger partial charge >= 0.3 is 0 Å². The molecule has 96 valence electrons. The molecule has 0 aliphatic carbocycles. The number of aryl methyl sites for hydroxylation is 2. The summed E-state index contributed by atoms with van der Waals surface area (Å²) < 4.78 is 1.03. The molecule has 0 saturated carbocycles. The van der Waals surface area contributed by atoms with E-state index in [4.69, 9.17) is 0 Å². The van der Waals surface area contributed by atoms with Gasteiger partial charge in [-0.05, 0) is 48.3 Å². The maximum atomic E-state index is 4.48. The molecule has 0 fully saturated rings. The van der Waals surface area contributed by atoms with Crippen LogP contribution in [-0.4, -0.2) is 9.97 Å². The molecule has 3 nitrogen and oxygen atoms in total. The molecule has 2 rings (SSSR count). The molecule has 0 aliphatic heterocycles. The molecule has 5 heteroatoms. The Hall–Kier alpha value is -0.940. The molecule has 0 bridgehead atoms. The second-order valence-corrected chi connectivity index (χ2v) is 6.15. The van der Waals surface area contributed by atoms with E-state index in [1.165, 1.54) is 4.88 Å². The highest BCUT2D eigenvalue weighted by Crippen LogP contribution is 2.24. The highest BCUT2D eigenvalue weighted by Gasteiger charge is 2.10. The van der Waals surface area contributed by atoms with Crippen LogP contribution >= 0.6 is 27.3 Å². The Morgan fingerprint density at radius 1 is 1.44 bits per heavy atom. The van der Waals surface area contributed by atoms with Crippen molar-refractivity contribution < 1.29 is 0 Å². The van der Waals surface area contributed by atoms with Gasteiger partial charge in [0.15, 0.2) is 0 Å². The van der Waals surface area contributed by atoms with Crippen LogP contribution in [0.25, 0.3) is 0 Å². The van der Waals surface area contributed by atoms with Gasteiger partial charge in [0.1, 0.15) is 10.8 Å². The summed E-state index contributed by atoms with van der Waals surface area (Å²) in [6, 6.07) is 4.17. The molecule has 0 aliphatic rings. The maximum Gasteiger partial charge on any atom is 0.126 e. The summed E-state index contributed by atoms with van der Waals surface area (Å²) in [5, 5.41) is 4.49. The first-order valence-corrected chi connectivity index (χ1v) is 7.55. The standard InChI is InChI=1S/C13H16BrN3S/c1-4-10-7-15-13(18-10)9(3)17-12-6-5-11(14)8(2)16-12/h5-7,9H,4H2,1-3H3,(H,16,17). The highest BCUT2D eigenvalue weighted by atomic mass is 79.9. The number of hydrogen-bond donors (Lipinski definition) is 1. The molecule has 1 atom stereocenters. The number of hydrogen-bond acceptors (Lipinski definition) is 4. The van der Waals surface area contributed by atoms with E-state index < -0.39 is 0 Å². The smallest absolute Gasteiger partial charge is 0.126 e. The van der Waals surface area contributed by atoms with Gasteiger partial charge in [0.25, 0.3) is 0 Å². The first-order valence-electron chi connectivity index (χ1n) is 5.94. The third-order valence-corrected chi connectivity index (χ3v) is 4.84. The molecule has 0 saturated heterocycles. The van der Waals surface area contributed by atoms with Gasteiger partial charge in [-0.3, -0.25) is 0 Å². The summed E-state index contributed by atoms with van der Waals surface area (Å²) in [6.07, 6.45) is 3.00. The van der Waals surface area contributed by atoms with Crippen LogP contribution in [0.15, 0.2) is 22.8 Å². The molecule has 1 unspecified atom stereocenters. The van der Waals surface area contributed by atoms with E-state index in [0.29, 0.717) is 0 Å². The molecule has 0 amide bonds. The van der Waals surface area contributed by atoms with Crippen molar-refractivity contribution in [3.63, 3.8) is 0 Å². The van der Waals surface area contributed by atoms with Gasteiger partial charge in [-0.15, -0.1) is 11.3 Å². The van der Waals surface area contributed by atoms with Crippen molar-refractivity contribution >= 4 is 33.1 Å². The van der Waals surface area contributed by atoms with Crippen molar-refractivity contribution in [2.24, 2.45) is 0 Å². The van der Waals surface area contributed by atoms with Gasteiger partial charge in [0, 0.05) is 15.5 Å². The van der Waals surface area contributed by atoms with Gasteiger partial charge in [-0.25, -0.2) is 9.97 Å². The largest absolute Gasteiger partial charge is 0.361 e. The number of pyridine rings is 1. The zero-order chi connectivity index (χ0) is 13.1. The molecule has 0 aromatic carbocycles. The first kappa shape index (κ1) is 13.5. The van der Waals surface area contributed by atoms with Crippen LogP contribution in [0.5, 0.6) is 0 Å². The minimum Gasteiger partial charge on any atom is -0.361 e. The molecule has 0 spiro atoms. The van der Waals surface area contributed by atoms with Crippen LogP contribution < -0.4 is 5.32 Å². The van der Waals surface area contributed by atoms with Crippen molar-refractivity contribution in [2.45, 2.75) is 33.2 Å². The van der Waals surface area contributed by atoms with Gasteiger partial charge in [0.2, 0.25) is 0 Å². The molecule has 2 heterocycles. The van der Waals surface area contributed by atoms with Crippen LogP contribution in [-0.2, 0) is 6.42 Å². The third-order valence-electron chi connectivity index (χ3n) is 2.68. The Morgan fingerprint density at radius 2 is 2.22 bits per heavy atom. The van der Waals surface area contributed by atoms with Gasteiger partial charge in [-0.2, -0.15) is 0 Å². The Kier molecular flexibility index (Phi) is 4.35. The number of halogens is 1. The summed E-state index contributed by atoms with van der Waals surface area (Å²) >= 11 is 5.21. The SMILES string of the molecule is CCc1cnc(C(C)Nc2ccc(Br)c(C)n2)s1. The molecule has 2 aromatic heterocycles. The average Bonchev–Trinajstić information content (AvgIpc) is 2.82. The Morgan fingerprint density at radius 3 is 2.83 bits per heavy atom. The topological polar surface area (TPSA) is 37.8 Å². The number of nitrogens with one attached hydrogen (secondary N) is 1. The van der Waals surface area contributed by atoms with Crippen LogP contribution in [0.3, 0.4) is 0 Å². The predicted molar refractivity (Wildman–Crippen MR) is 80.2 cm³/mol. The Bertz CT molecular complexity index is 539. The molecule has 2 aromatic rings. The number of rotatable bonds is 4. The summed E-state index contributed by atoms with van der Waals surface area (Å²) in [6.45, 7) is 6.24. The van der Waals surface area contributed by atoms with E-state index in [2.05, 4.69) is 45.1 Å². The molecule has 18 heavy (non-hydrogen) atoms. The summed E-state index contributed by atoms with van der Waals surface area (Å²) in [4.78, 5) is 10.2. The van der Waals surface area contributed by atoms with E-state index in [0.717, 1.165) is 27.4 Å². The van der Waals surface area contributed by atoms with E-state index >= 15 is 0 Å². The van der Waals surface area contributed by atoms with Gasteiger partial charge in [-0.1, -0.05) is 6.92 Å². The summed E-state index contributed by atoms with van der Waals surface area (Å²) in [5.74, 6) is 0.886. The maximum absolute atomic E-state index is 4.48. The minimum absolute atomic E-state index is 0.184. The summed E-state index contributed by atoms with van der Waals surface area (Å²) in [7, 11) is 0. The number of anilines is 1. The van der Waals surface area contributed by atoms with Crippen molar-refractivity contribution in [1.29, 1.82) is 0 Å². The van der Waals surface area contributed by atoms with E-state index in [-0.39, 0.29) is 6.04 Å². The number of aromatic nitrogens is 2. The van der Waals surface area contributed by atoms with E-state index in [9.17, 15) is 0 Å². The number of thiazole rings is 1. The van der Waals surface area contributed by atoms with Crippen LogP contribution in [0.1, 0.15) is 35.5 Å². The average molecular weight is 326 g/mol. The highest BCUT2D eigenvalue weighted by molar-refractivity contribution is 9.10. The fraction of sp³-hybridized carbons (Fsp3) is 0.385. The Balaban J connectivity index is 2.10. The molecule has 0 radical (unpaired) electrons. The van der Waals surface area contributed by atoms with Gasteiger partial charge < -0.3 is 5.32 Å². The second kappa shape index (κ2) is 5.80. The van der Waals surface area contributed by atoms with Crippen LogP contribution in [0.2, 0.25) is 0 Å². The van der Waals surface area contributed by atoms with E-state index in [1.807, 2.05) is 25.3 Å². The van der Waals surface area contributed by atoms with E-state index in [1.54, 1.807) is 11.3 Å². The fourth-order valence-corrected chi connectivity index (χ4v) is 2.67. The monoisotopic (exact) mass is 325 g/mol. The van der Waals surface area contributed by atoms with Crippen molar-refractivity contribution in [3.05, 3.63) is 38.4 Å². The minimum atomic E-state index is 0.184. The van der Waals surface area contributed by atoms with Crippen molar-refractivity contribution in [3.8, 4) is 0 Å². The van der Waals surface area contributed by atoms with Crippen molar-refractivity contribution in [2.75, 3.05) is 5.32 Å². The lowest BCUT2D eigenvalue weighted by molar-refractivity contribution is 0.858. The van der Waals surface area contributed by atoms with Crippen LogP contribution in [0, 0.1) is 6.92 Å². The normalized spacial score (nSPS) is 12.4. The quantitative estimate of drug-likeness (QED) is 0.908. The fourth-order valence-electron chi connectivity index (χ4n) is 1.59. The number of nitrogens with zero attached hydrogens (tertiary/aromatic N) is 2. The lowest BCUT2D eigenvalue weighted by Gasteiger charge is -2.12. The third kappa shape index (κ3) is 3.09. The molecular weight excluding hydrogens is 310 g/mol. The van der Waals surface area contributed by atoms with Crippen molar-refractivity contribution in [1.82, 2.24) is 9.97 Å². The Labute approximate surface area is 120 Å².